The Kier molecular flexibility index (Phi) is 2.22. The van der Waals surface area contributed by atoms with Gasteiger partial charge in [0.15, 0.2) is 0 Å². The van der Waals surface area contributed by atoms with Crippen molar-refractivity contribution < 1.29 is 0 Å². The van der Waals surface area contributed by atoms with E-state index in [0.29, 0.717) is 17.4 Å². The molecule has 1 fully saturated rings. The van der Waals surface area contributed by atoms with Gasteiger partial charge in [0.25, 0.3) is 0 Å². The van der Waals surface area contributed by atoms with Crippen molar-refractivity contribution in [3.8, 4) is 6.07 Å². The third-order valence-electron chi connectivity index (χ3n) is 3.62. The van der Waals surface area contributed by atoms with Crippen LogP contribution in [0.15, 0.2) is 0 Å². The van der Waals surface area contributed by atoms with Gasteiger partial charge in [-0.3, -0.25) is 0 Å². The molecule has 0 spiro atoms. The van der Waals surface area contributed by atoms with Crippen molar-refractivity contribution >= 4 is 5.82 Å². The normalized spacial score (nSPS) is 17.5. The largest absolute Gasteiger partial charge is 0.384 e. The van der Waals surface area contributed by atoms with Gasteiger partial charge in [-0.15, -0.1) is 0 Å². The van der Waals surface area contributed by atoms with E-state index in [0.717, 1.165) is 17.2 Å². The second-order valence-electron chi connectivity index (χ2n) is 4.53. The quantitative estimate of drug-likeness (QED) is 0.803. The number of nitrogens with two attached hydrogens (primary N) is 1. The van der Waals surface area contributed by atoms with Gasteiger partial charge in [0.05, 0.1) is 5.56 Å². The predicted octanol–water partition coefficient (Wildman–Crippen LogP) is 2.53. The Morgan fingerprint density at radius 2 is 2.07 bits per heavy atom. The number of nitrogen functional groups attached to an aromatic ring is 1. The Morgan fingerprint density at radius 3 is 2.47 bits per heavy atom. The van der Waals surface area contributed by atoms with Crippen molar-refractivity contribution in [2.45, 2.75) is 39.7 Å². The maximum Gasteiger partial charge on any atom is 0.122 e. The topological polar surface area (TPSA) is 54.7 Å². The fourth-order valence-electron chi connectivity index (χ4n) is 2.31. The molecule has 1 aliphatic carbocycles. The number of anilines is 1. The molecule has 1 unspecified atom stereocenters. The summed E-state index contributed by atoms with van der Waals surface area (Å²) in [7, 11) is 0. The average Bonchev–Trinajstić information content (AvgIpc) is 2.98. The molecular formula is C12H17N3. The van der Waals surface area contributed by atoms with Crippen LogP contribution in [-0.2, 0) is 0 Å². The second kappa shape index (κ2) is 3.30. The number of aromatic nitrogens is 1. The average molecular weight is 203 g/mol. The van der Waals surface area contributed by atoms with Crippen molar-refractivity contribution in [1.29, 1.82) is 5.26 Å². The first kappa shape index (κ1) is 10.1. The van der Waals surface area contributed by atoms with E-state index in [1.165, 1.54) is 12.8 Å². The standard InChI is InChI=1S/C12H17N3/c1-7-8(2)15(9(3)10-4-5-10)12(14)11(7)6-13/h9-10H,4-5,14H2,1-3H3. The van der Waals surface area contributed by atoms with Gasteiger partial charge < -0.3 is 10.3 Å². The monoisotopic (exact) mass is 203 g/mol. The van der Waals surface area contributed by atoms with Gasteiger partial charge in [-0.05, 0) is 45.1 Å². The number of nitriles is 1. The molecule has 3 heteroatoms. The molecular weight excluding hydrogens is 186 g/mol. The fraction of sp³-hybridized carbons (Fsp3) is 0.583. The first-order chi connectivity index (χ1) is 7.07. The lowest BCUT2D eigenvalue weighted by molar-refractivity contribution is 0.484. The van der Waals surface area contributed by atoms with E-state index >= 15 is 0 Å². The van der Waals surface area contributed by atoms with Crippen molar-refractivity contribution in [3.63, 3.8) is 0 Å². The SMILES string of the molecule is Cc1c(C#N)c(N)n(C(C)C2CC2)c1C. The van der Waals surface area contributed by atoms with E-state index in [-0.39, 0.29) is 0 Å². The molecule has 0 bridgehead atoms. The number of hydrogen-bond donors (Lipinski definition) is 1. The van der Waals surface area contributed by atoms with Gasteiger partial charge in [-0.1, -0.05) is 0 Å². The van der Waals surface area contributed by atoms with E-state index < -0.39 is 0 Å². The van der Waals surface area contributed by atoms with Crippen LogP contribution in [0, 0.1) is 31.1 Å². The van der Waals surface area contributed by atoms with E-state index in [1.807, 2.05) is 13.8 Å². The molecule has 15 heavy (non-hydrogen) atoms. The van der Waals surface area contributed by atoms with Crippen LogP contribution in [0.2, 0.25) is 0 Å². The third-order valence-corrected chi connectivity index (χ3v) is 3.62. The molecule has 2 N–H and O–H groups in total. The summed E-state index contributed by atoms with van der Waals surface area (Å²) in [5.41, 5.74) is 8.85. The van der Waals surface area contributed by atoms with Gasteiger partial charge in [0.1, 0.15) is 11.9 Å². The van der Waals surface area contributed by atoms with Crippen molar-refractivity contribution in [1.82, 2.24) is 4.57 Å². The van der Waals surface area contributed by atoms with Crippen molar-refractivity contribution in [2.75, 3.05) is 5.73 Å². The zero-order valence-corrected chi connectivity index (χ0v) is 9.54. The molecule has 1 aromatic heterocycles. The molecule has 1 saturated carbocycles. The van der Waals surface area contributed by atoms with Crippen LogP contribution in [0.25, 0.3) is 0 Å². The molecule has 1 atom stereocenters. The minimum absolute atomic E-state index is 0.436. The minimum Gasteiger partial charge on any atom is -0.384 e. The molecule has 1 heterocycles. The molecule has 1 aromatic rings. The van der Waals surface area contributed by atoms with Gasteiger partial charge in [-0.2, -0.15) is 5.26 Å². The maximum absolute atomic E-state index is 9.03. The van der Waals surface area contributed by atoms with E-state index in [4.69, 9.17) is 11.0 Å². The summed E-state index contributed by atoms with van der Waals surface area (Å²) in [6, 6.07) is 2.63. The van der Waals surface area contributed by atoms with Crippen LogP contribution in [0.5, 0.6) is 0 Å². The minimum atomic E-state index is 0.436. The number of hydrogen-bond acceptors (Lipinski definition) is 2. The zero-order chi connectivity index (χ0) is 11.2. The molecule has 0 saturated heterocycles. The predicted molar refractivity (Wildman–Crippen MR) is 60.5 cm³/mol. The Labute approximate surface area is 90.5 Å². The fourth-order valence-corrected chi connectivity index (χ4v) is 2.31. The molecule has 3 nitrogen and oxygen atoms in total. The summed E-state index contributed by atoms with van der Waals surface area (Å²) >= 11 is 0. The number of rotatable bonds is 2. The molecule has 1 aliphatic rings. The van der Waals surface area contributed by atoms with Crippen molar-refractivity contribution in [3.05, 3.63) is 16.8 Å². The van der Waals surface area contributed by atoms with Crippen LogP contribution in [-0.4, -0.2) is 4.57 Å². The van der Waals surface area contributed by atoms with E-state index in [1.54, 1.807) is 0 Å². The lowest BCUT2D eigenvalue weighted by Crippen LogP contribution is -2.12. The highest BCUT2D eigenvalue weighted by atomic mass is 15.1. The molecule has 0 radical (unpaired) electrons. The van der Waals surface area contributed by atoms with Crippen molar-refractivity contribution in [2.24, 2.45) is 5.92 Å². The van der Waals surface area contributed by atoms with Crippen LogP contribution in [0.1, 0.15) is 42.6 Å². The van der Waals surface area contributed by atoms with Gasteiger partial charge in [0, 0.05) is 11.7 Å². The zero-order valence-electron chi connectivity index (χ0n) is 9.54. The highest BCUT2D eigenvalue weighted by molar-refractivity contribution is 5.58. The Hall–Kier alpha value is -1.43. The smallest absolute Gasteiger partial charge is 0.122 e. The van der Waals surface area contributed by atoms with Crippen LogP contribution < -0.4 is 5.73 Å². The lowest BCUT2D eigenvalue weighted by Gasteiger charge is -2.17. The van der Waals surface area contributed by atoms with Gasteiger partial charge in [-0.25, -0.2) is 0 Å². The first-order valence-corrected chi connectivity index (χ1v) is 5.44. The summed E-state index contributed by atoms with van der Waals surface area (Å²) in [6.07, 6.45) is 2.58. The molecule has 2 rings (SSSR count). The summed E-state index contributed by atoms with van der Waals surface area (Å²) in [4.78, 5) is 0. The molecule has 0 amide bonds. The summed E-state index contributed by atoms with van der Waals surface area (Å²) < 4.78 is 2.13. The highest BCUT2D eigenvalue weighted by Crippen LogP contribution is 2.42. The van der Waals surface area contributed by atoms with Gasteiger partial charge >= 0.3 is 0 Å². The van der Waals surface area contributed by atoms with E-state index in [2.05, 4.69) is 17.6 Å². The summed E-state index contributed by atoms with van der Waals surface area (Å²) in [5, 5.41) is 9.03. The molecule has 0 aromatic carbocycles. The van der Waals surface area contributed by atoms with Crippen LogP contribution in [0.4, 0.5) is 5.82 Å². The third kappa shape index (κ3) is 1.41. The highest BCUT2D eigenvalue weighted by Gasteiger charge is 2.31. The number of nitrogens with zero attached hydrogens (tertiary/aromatic N) is 2. The molecule has 80 valence electrons. The Bertz CT molecular complexity index is 433. The van der Waals surface area contributed by atoms with E-state index in [9.17, 15) is 0 Å². The van der Waals surface area contributed by atoms with Crippen LogP contribution >= 0.6 is 0 Å². The Balaban J connectivity index is 2.51. The summed E-state index contributed by atoms with van der Waals surface area (Å²) in [5.74, 6) is 1.40. The summed E-state index contributed by atoms with van der Waals surface area (Å²) in [6.45, 7) is 6.22. The first-order valence-electron chi connectivity index (χ1n) is 5.44. The van der Waals surface area contributed by atoms with Gasteiger partial charge in [0.2, 0.25) is 0 Å². The van der Waals surface area contributed by atoms with Crippen LogP contribution in [0.3, 0.4) is 0 Å². The maximum atomic E-state index is 9.03. The lowest BCUT2D eigenvalue weighted by atomic mass is 10.2. The molecule has 0 aliphatic heterocycles. The second-order valence-corrected chi connectivity index (χ2v) is 4.53. The Morgan fingerprint density at radius 1 is 1.47 bits per heavy atom.